The van der Waals surface area contributed by atoms with Crippen molar-refractivity contribution in [1.29, 1.82) is 0 Å². The van der Waals surface area contributed by atoms with Gasteiger partial charge >= 0.3 is 0 Å². The molecule has 0 fully saturated rings. The lowest BCUT2D eigenvalue weighted by Crippen LogP contribution is -1.92. The fraction of sp³-hybridized carbons (Fsp3) is 0.111. The molecule has 0 bridgehead atoms. The smallest absolute Gasteiger partial charge is 0.184 e. The molecule has 1 heterocycles. The van der Waals surface area contributed by atoms with Gasteiger partial charge in [0.2, 0.25) is 0 Å². The summed E-state index contributed by atoms with van der Waals surface area (Å²) in [4.78, 5) is 2.56. The van der Waals surface area contributed by atoms with Crippen molar-refractivity contribution in [2.24, 2.45) is 0 Å². The molecule has 0 aliphatic carbocycles. The Bertz CT molecular complexity index is 473. The van der Waals surface area contributed by atoms with Crippen molar-refractivity contribution in [3.8, 4) is 0 Å². The Labute approximate surface area is 86.1 Å². The van der Waals surface area contributed by atoms with Crippen LogP contribution in [0.2, 0.25) is 0 Å². The molecule has 0 atom stereocenters. The molecule has 0 spiro atoms. The van der Waals surface area contributed by atoms with Crippen LogP contribution in [-0.2, 0) is 0 Å². The molecular weight excluding hydrogens is 259 g/mol. The summed E-state index contributed by atoms with van der Waals surface area (Å²) in [6.07, 6.45) is 0. The number of benzene rings is 1. The van der Waals surface area contributed by atoms with Crippen molar-refractivity contribution in [2.75, 3.05) is 0 Å². The highest BCUT2D eigenvalue weighted by Gasteiger charge is 2.19. The van der Waals surface area contributed by atoms with E-state index in [1.165, 1.54) is 6.07 Å². The Hall–Kier alpha value is -0.970. The SMILES string of the molecule is Cc1cc2c(F)c(Br)c(F)c(F)c2[nH]1. The fourth-order valence-electron chi connectivity index (χ4n) is 1.36. The van der Waals surface area contributed by atoms with E-state index in [-0.39, 0.29) is 10.9 Å². The van der Waals surface area contributed by atoms with E-state index < -0.39 is 21.9 Å². The third kappa shape index (κ3) is 1.15. The second-order valence-corrected chi connectivity index (χ2v) is 3.79. The van der Waals surface area contributed by atoms with E-state index >= 15 is 0 Å². The van der Waals surface area contributed by atoms with Crippen molar-refractivity contribution >= 4 is 26.8 Å². The lowest BCUT2D eigenvalue weighted by Gasteiger charge is -2.00. The van der Waals surface area contributed by atoms with Crippen LogP contribution in [-0.4, -0.2) is 4.98 Å². The van der Waals surface area contributed by atoms with Gasteiger partial charge in [0.05, 0.1) is 9.99 Å². The maximum Gasteiger partial charge on any atom is 0.184 e. The zero-order valence-electron chi connectivity index (χ0n) is 7.09. The standard InChI is InChI=1S/C9H5BrF3N/c1-3-2-4-6(11)5(10)7(12)8(13)9(4)14-3/h2,14H,1H3. The molecule has 1 aromatic heterocycles. The Morgan fingerprint density at radius 3 is 2.43 bits per heavy atom. The topological polar surface area (TPSA) is 15.8 Å². The number of aryl methyl sites for hydroxylation is 1. The highest BCUT2D eigenvalue weighted by atomic mass is 79.9. The molecule has 0 radical (unpaired) electrons. The third-order valence-corrected chi connectivity index (χ3v) is 2.68. The molecule has 2 aromatic rings. The third-order valence-electron chi connectivity index (χ3n) is 1.99. The lowest BCUT2D eigenvalue weighted by atomic mass is 10.2. The normalized spacial score (nSPS) is 11.2. The van der Waals surface area contributed by atoms with E-state index in [9.17, 15) is 13.2 Å². The summed E-state index contributed by atoms with van der Waals surface area (Å²) < 4.78 is 39.2. The maximum absolute atomic E-state index is 13.4. The number of halogens is 4. The lowest BCUT2D eigenvalue weighted by molar-refractivity contribution is 0.498. The summed E-state index contributed by atoms with van der Waals surface area (Å²) in [6, 6.07) is 1.43. The molecule has 2 rings (SSSR count). The van der Waals surface area contributed by atoms with Crippen LogP contribution in [0.15, 0.2) is 10.5 Å². The summed E-state index contributed by atoms with van der Waals surface area (Å²) in [5, 5.41) is 0.0493. The second kappa shape index (κ2) is 3.02. The number of aromatic nitrogens is 1. The van der Waals surface area contributed by atoms with Gasteiger partial charge in [-0.1, -0.05) is 0 Å². The molecule has 0 saturated carbocycles. The molecule has 1 N–H and O–H groups in total. The van der Waals surface area contributed by atoms with Crippen molar-refractivity contribution in [1.82, 2.24) is 4.98 Å². The highest BCUT2D eigenvalue weighted by Crippen LogP contribution is 2.31. The molecule has 0 unspecified atom stereocenters. The van der Waals surface area contributed by atoms with Crippen LogP contribution in [0, 0.1) is 24.4 Å². The van der Waals surface area contributed by atoms with Gasteiger partial charge in [-0.15, -0.1) is 0 Å². The second-order valence-electron chi connectivity index (χ2n) is 3.00. The van der Waals surface area contributed by atoms with Gasteiger partial charge in [-0.25, -0.2) is 13.2 Å². The monoisotopic (exact) mass is 263 g/mol. The van der Waals surface area contributed by atoms with E-state index in [4.69, 9.17) is 0 Å². The average molecular weight is 264 g/mol. The minimum Gasteiger partial charge on any atom is -0.356 e. The fourth-order valence-corrected chi connectivity index (χ4v) is 1.74. The van der Waals surface area contributed by atoms with Gasteiger partial charge in [0.1, 0.15) is 5.82 Å². The minimum absolute atomic E-state index is 0.0493. The predicted molar refractivity (Wildman–Crippen MR) is 50.6 cm³/mol. The summed E-state index contributed by atoms with van der Waals surface area (Å²) in [6.45, 7) is 1.64. The summed E-state index contributed by atoms with van der Waals surface area (Å²) >= 11 is 2.66. The Kier molecular flexibility index (Phi) is 2.06. The molecule has 74 valence electrons. The summed E-state index contributed by atoms with van der Waals surface area (Å²) in [5.74, 6) is -3.07. The minimum atomic E-state index is -1.21. The molecule has 14 heavy (non-hydrogen) atoms. The number of H-pyrrole nitrogens is 1. The van der Waals surface area contributed by atoms with Gasteiger partial charge < -0.3 is 4.98 Å². The van der Waals surface area contributed by atoms with Gasteiger partial charge in [0, 0.05) is 11.1 Å². The number of fused-ring (bicyclic) bond motifs is 1. The van der Waals surface area contributed by atoms with Crippen LogP contribution in [0.1, 0.15) is 5.69 Å². The molecule has 0 aliphatic heterocycles. The largest absolute Gasteiger partial charge is 0.356 e. The van der Waals surface area contributed by atoms with Crippen molar-refractivity contribution in [2.45, 2.75) is 6.92 Å². The summed E-state index contributed by atoms with van der Waals surface area (Å²) in [5.41, 5.74) is 0.441. The van der Waals surface area contributed by atoms with Crippen LogP contribution in [0.3, 0.4) is 0 Å². The highest BCUT2D eigenvalue weighted by molar-refractivity contribution is 9.10. The summed E-state index contributed by atoms with van der Waals surface area (Å²) in [7, 11) is 0. The van der Waals surface area contributed by atoms with Crippen molar-refractivity contribution in [3.63, 3.8) is 0 Å². The Balaban J connectivity index is 3.01. The average Bonchev–Trinajstić information content (AvgIpc) is 2.54. The first-order valence-corrected chi connectivity index (χ1v) is 4.63. The van der Waals surface area contributed by atoms with Crippen molar-refractivity contribution in [3.05, 3.63) is 33.7 Å². The van der Waals surface area contributed by atoms with E-state index in [0.717, 1.165) is 0 Å². The zero-order chi connectivity index (χ0) is 10.5. The number of aromatic amines is 1. The van der Waals surface area contributed by atoms with Gasteiger partial charge in [-0.2, -0.15) is 0 Å². The van der Waals surface area contributed by atoms with Crippen molar-refractivity contribution < 1.29 is 13.2 Å². The first-order chi connectivity index (χ1) is 6.52. The molecule has 0 saturated heterocycles. The zero-order valence-corrected chi connectivity index (χ0v) is 8.68. The molecule has 0 aliphatic rings. The van der Waals surface area contributed by atoms with E-state index in [2.05, 4.69) is 20.9 Å². The van der Waals surface area contributed by atoms with E-state index in [1.54, 1.807) is 6.92 Å². The van der Waals surface area contributed by atoms with Gasteiger partial charge in [-0.05, 0) is 28.9 Å². The Morgan fingerprint density at radius 1 is 1.14 bits per heavy atom. The van der Waals surface area contributed by atoms with Crippen LogP contribution in [0.4, 0.5) is 13.2 Å². The van der Waals surface area contributed by atoms with Crippen LogP contribution in [0.5, 0.6) is 0 Å². The number of nitrogens with one attached hydrogen (secondary N) is 1. The van der Waals surface area contributed by atoms with E-state index in [0.29, 0.717) is 5.69 Å². The predicted octanol–water partition coefficient (Wildman–Crippen LogP) is 3.66. The van der Waals surface area contributed by atoms with Crippen LogP contribution < -0.4 is 0 Å². The van der Waals surface area contributed by atoms with Gasteiger partial charge in [0.25, 0.3) is 0 Å². The first kappa shape index (κ1) is 9.58. The maximum atomic E-state index is 13.4. The number of rotatable bonds is 0. The molecule has 5 heteroatoms. The molecular formula is C9H5BrF3N. The van der Waals surface area contributed by atoms with Gasteiger partial charge in [-0.3, -0.25) is 0 Å². The Morgan fingerprint density at radius 2 is 1.79 bits per heavy atom. The number of hydrogen-bond donors (Lipinski definition) is 1. The quantitative estimate of drug-likeness (QED) is 0.552. The van der Waals surface area contributed by atoms with Crippen LogP contribution in [0.25, 0.3) is 10.9 Å². The van der Waals surface area contributed by atoms with Crippen LogP contribution >= 0.6 is 15.9 Å². The van der Waals surface area contributed by atoms with E-state index in [1.807, 2.05) is 0 Å². The number of hydrogen-bond acceptors (Lipinski definition) is 0. The first-order valence-electron chi connectivity index (χ1n) is 3.83. The molecule has 1 aromatic carbocycles. The molecule has 0 amide bonds. The molecule has 1 nitrogen and oxygen atoms in total. The van der Waals surface area contributed by atoms with Gasteiger partial charge in [0.15, 0.2) is 11.6 Å².